The summed E-state index contributed by atoms with van der Waals surface area (Å²) in [5.41, 5.74) is 1.67. The van der Waals surface area contributed by atoms with E-state index in [1.54, 1.807) is 6.20 Å². The number of oxazole rings is 1. The fraction of sp³-hybridized carbons (Fsp3) is 0.304. The van der Waals surface area contributed by atoms with Gasteiger partial charge in [-0.3, -0.25) is 4.79 Å². The Morgan fingerprint density at radius 1 is 1.03 bits per heavy atom. The lowest BCUT2D eigenvalue weighted by Gasteiger charge is -2.21. The largest absolute Gasteiger partial charge is 0.448 e. The fourth-order valence-electron chi connectivity index (χ4n) is 3.89. The minimum Gasteiger partial charge on any atom is -0.448 e. The fourth-order valence-corrected chi connectivity index (χ4v) is 3.89. The number of anilines is 1. The monoisotopic (exact) mass is 390 g/mol. The summed E-state index contributed by atoms with van der Waals surface area (Å²) in [6, 6.07) is 15.3. The molecule has 6 heteroatoms. The first kappa shape index (κ1) is 17.8. The molecule has 5 rings (SSSR count). The number of carbonyl (C=O) groups is 1. The van der Waals surface area contributed by atoms with Gasteiger partial charge in [0.05, 0.1) is 6.20 Å². The molecule has 0 atom stereocenters. The molecule has 1 spiro atoms. The Morgan fingerprint density at radius 2 is 1.83 bits per heavy atom. The van der Waals surface area contributed by atoms with Gasteiger partial charge < -0.3 is 19.2 Å². The highest BCUT2D eigenvalue weighted by atomic mass is 16.7. The molecule has 29 heavy (non-hydrogen) atoms. The second-order valence-electron chi connectivity index (χ2n) is 7.52. The standard InChI is InChI=1S/C23H22N2O4/c26-21(10-11-22-24-15-20(27-22)16-6-2-1-3-7-16)25-17-8-9-18-19(14-17)29-23(28-18)12-4-5-13-23/h1-3,6-9,14-15H,4-5,10-13H2,(H,25,26). The van der Waals surface area contributed by atoms with Crippen molar-refractivity contribution in [3.63, 3.8) is 0 Å². The summed E-state index contributed by atoms with van der Waals surface area (Å²) in [5, 5.41) is 2.92. The third-order valence-electron chi connectivity index (χ3n) is 5.36. The molecule has 0 radical (unpaired) electrons. The highest BCUT2D eigenvalue weighted by molar-refractivity contribution is 5.91. The number of aromatic nitrogens is 1. The average Bonchev–Trinajstić information content (AvgIpc) is 3.47. The molecule has 1 N–H and O–H groups in total. The normalized spacial score (nSPS) is 16.3. The lowest BCUT2D eigenvalue weighted by molar-refractivity contribution is -0.116. The van der Waals surface area contributed by atoms with Gasteiger partial charge in [-0.05, 0) is 25.0 Å². The lowest BCUT2D eigenvalue weighted by atomic mass is 10.2. The zero-order valence-electron chi connectivity index (χ0n) is 16.0. The molecule has 1 fully saturated rings. The summed E-state index contributed by atoms with van der Waals surface area (Å²) in [6.07, 6.45) is 6.46. The molecular weight excluding hydrogens is 368 g/mol. The quantitative estimate of drug-likeness (QED) is 0.667. The second kappa shape index (κ2) is 7.28. The minimum atomic E-state index is -0.494. The molecule has 2 heterocycles. The van der Waals surface area contributed by atoms with Crippen molar-refractivity contribution in [2.75, 3.05) is 5.32 Å². The minimum absolute atomic E-state index is 0.0982. The van der Waals surface area contributed by atoms with Gasteiger partial charge in [-0.25, -0.2) is 4.98 Å². The van der Waals surface area contributed by atoms with Crippen LogP contribution in [0.2, 0.25) is 0 Å². The van der Waals surface area contributed by atoms with Crippen LogP contribution in [0.25, 0.3) is 11.3 Å². The van der Waals surface area contributed by atoms with E-state index in [4.69, 9.17) is 13.9 Å². The summed E-state index contributed by atoms with van der Waals surface area (Å²) in [6.45, 7) is 0. The van der Waals surface area contributed by atoms with E-state index < -0.39 is 5.79 Å². The zero-order chi connectivity index (χ0) is 19.7. The van der Waals surface area contributed by atoms with Crippen LogP contribution in [0, 0.1) is 0 Å². The number of carbonyl (C=O) groups excluding carboxylic acids is 1. The van der Waals surface area contributed by atoms with E-state index in [9.17, 15) is 4.79 Å². The van der Waals surface area contributed by atoms with Gasteiger partial charge in [-0.2, -0.15) is 0 Å². The van der Waals surface area contributed by atoms with Gasteiger partial charge in [-0.15, -0.1) is 0 Å². The number of aryl methyl sites for hydroxylation is 1. The first-order valence-corrected chi connectivity index (χ1v) is 10.0. The van der Waals surface area contributed by atoms with Crippen LogP contribution in [-0.4, -0.2) is 16.7 Å². The Labute approximate surface area is 168 Å². The topological polar surface area (TPSA) is 73.6 Å². The summed E-state index contributed by atoms with van der Waals surface area (Å²) >= 11 is 0. The van der Waals surface area contributed by atoms with E-state index in [1.807, 2.05) is 48.5 Å². The van der Waals surface area contributed by atoms with Crippen LogP contribution in [0.5, 0.6) is 11.5 Å². The maximum atomic E-state index is 12.4. The van der Waals surface area contributed by atoms with E-state index in [1.165, 1.54) is 0 Å². The number of fused-ring (bicyclic) bond motifs is 1. The van der Waals surface area contributed by atoms with Crippen LogP contribution < -0.4 is 14.8 Å². The second-order valence-corrected chi connectivity index (χ2v) is 7.52. The summed E-state index contributed by atoms with van der Waals surface area (Å²) in [5.74, 6) is 2.11. The zero-order valence-corrected chi connectivity index (χ0v) is 16.0. The number of rotatable bonds is 5. The van der Waals surface area contributed by atoms with Crippen LogP contribution in [0.3, 0.4) is 0 Å². The molecule has 2 aliphatic rings. The Balaban J connectivity index is 1.18. The van der Waals surface area contributed by atoms with Gasteiger partial charge in [0, 0.05) is 43.0 Å². The smallest absolute Gasteiger partial charge is 0.251 e. The number of amides is 1. The van der Waals surface area contributed by atoms with Crippen molar-refractivity contribution >= 4 is 11.6 Å². The van der Waals surface area contributed by atoms with Gasteiger partial charge in [-0.1, -0.05) is 30.3 Å². The Hall–Kier alpha value is -3.28. The third-order valence-corrected chi connectivity index (χ3v) is 5.36. The molecule has 148 valence electrons. The van der Waals surface area contributed by atoms with Crippen molar-refractivity contribution in [3.05, 3.63) is 60.6 Å². The molecule has 1 aromatic heterocycles. The number of hydrogen-bond donors (Lipinski definition) is 1. The third kappa shape index (κ3) is 3.70. The molecule has 1 saturated carbocycles. The average molecular weight is 390 g/mol. The van der Waals surface area contributed by atoms with E-state index in [-0.39, 0.29) is 12.3 Å². The van der Waals surface area contributed by atoms with Crippen molar-refractivity contribution < 1.29 is 18.7 Å². The van der Waals surface area contributed by atoms with Crippen molar-refractivity contribution in [2.45, 2.75) is 44.3 Å². The maximum absolute atomic E-state index is 12.4. The number of ether oxygens (including phenoxy) is 2. The molecule has 1 amide bonds. The molecule has 1 aliphatic carbocycles. The van der Waals surface area contributed by atoms with Gasteiger partial charge in [0.2, 0.25) is 5.91 Å². The predicted molar refractivity (Wildman–Crippen MR) is 108 cm³/mol. The van der Waals surface area contributed by atoms with Crippen LogP contribution in [-0.2, 0) is 11.2 Å². The van der Waals surface area contributed by atoms with Gasteiger partial charge in [0.15, 0.2) is 23.1 Å². The first-order valence-electron chi connectivity index (χ1n) is 10.0. The molecule has 6 nitrogen and oxygen atoms in total. The summed E-state index contributed by atoms with van der Waals surface area (Å²) < 4.78 is 17.8. The SMILES string of the molecule is O=C(CCc1ncc(-c2ccccc2)o1)Nc1ccc2c(c1)OC1(CCCC1)O2. The first-order chi connectivity index (χ1) is 14.2. The summed E-state index contributed by atoms with van der Waals surface area (Å²) in [7, 11) is 0. The van der Waals surface area contributed by atoms with Crippen molar-refractivity contribution in [2.24, 2.45) is 0 Å². The Bertz CT molecular complexity index is 1020. The van der Waals surface area contributed by atoms with Gasteiger partial charge >= 0.3 is 0 Å². The Kier molecular flexibility index (Phi) is 4.46. The number of hydrogen-bond acceptors (Lipinski definition) is 5. The highest BCUT2D eigenvalue weighted by Crippen LogP contribution is 2.47. The molecule has 0 bridgehead atoms. The molecule has 1 aliphatic heterocycles. The number of nitrogens with one attached hydrogen (secondary N) is 1. The van der Waals surface area contributed by atoms with E-state index >= 15 is 0 Å². The van der Waals surface area contributed by atoms with E-state index in [2.05, 4.69) is 10.3 Å². The maximum Gasteiger partial charge on any atom is 0.251 e. The van der Waals surface area contributed by atoms with Crippen LogP contribution in [0.1, 0.15) is 38.0 Å². The van der Waals surface area contributed by atoms with Gasteiger partial charge in [0.1, 0.15) is 0 Å². The number of nitrogens with zero attached hydrogens (tertiary/aromatic N) is 1. The van der Waals surface area contributed by atoms with E-state index in [0.717, 1.165) is 37.0 Å². The molecule has 3 aromatic rings. The lowest BCUT2D eigenvalue weighted by Crippen LogP contribution is -2.34. The van der Waals surface area contributed by atoms with E-state index in [0.29, 0.717) is 29.5 Å². The molecule has 0 unspecified atom stereocenters. The molecule has 2 aromatic carbocycles. The molecule has 0 saturated heterocycles. The predicted octanol–water partition coefficient (Wildman–Crippen LogP) is 4.95. The van der Waals surface area contributed by atoms with Crippen molar-refractivity contribution in [3.8, 4) is 22.8 Å². The highest BCUT2D eigenvalue weighted by Gasteiger charge is 2.44. The molecular formula is C23H22N2O4. The van der Waals surface area contributed by atoms with Crippen LogP contribution in [0.15, 0.2) is 59.1 Å². The van der Waals surface area contributed by atoms with Gasteiger partial charge in [0.25, 0.3) is 5.79 Å². The van der Waals surface area contributed by atoms with Crippen molar-refractivity contribution in [1.82, 2.24) is 4.98 Å². The number of benzene rings is 2. The van der Waals surface area contributed by atoms with Crippen molar-refractivity contribution in [1.29, 1.82) is 0 Å². The van der Waals surface area contributed by atoms with Crippen LogP contribution >= 0.6 is 0 Å². The van der Waals surface area contributed by atoms with Crippen LogP contribution in [0.4, 0.5) is 5.69 Å². The summed E-state index contributed by atoms with van der Waals surface area (Å²) in [4.78, 5) is 16.6. The Morgan fingerprint density at radius 3 is 2.66 bits per heavy atom.